The predicted octanol–water partition coefficient (Wildman–Crippen LogP) is 3.24. The summed E-state index contributed by atoms with van der Waals surface area (Å²) >= 11 is 0. The summed E-state index contributed by atoms with van der Waals surface area (Å²) < 4.78 is 4.06. The van der Waals surface area contributed by atoms with Crippen molar-refractivity contribution in [3.05, 3.63) is 91.4 Å². The summed E-state index contributed by atoms with van der Waals surface area (Å²) in [6.07, 6.45) is 0.694. The lowest BCUT2D eigenvalue weighted by atomic mass is 10.1. The first kappa shape index (κ1) is 23.1. The number of para-hydroxylation sites is 1. The number of aromatic nitrogens is 3. The topological polar surface area (TPSA) is 81.3 Å². The Labute approximate surface area is 197 Å². The zero-order valence-electron chi connectivity index (χ0n) is 20.1. The van der Waals surface area contributed by atoms with Crippen molar-refractivity contribution in [1.29, 1.82) is 0 Å². The summed E-state index contributed by atoms with van der Waals surface area (Å²) in [7, 11) is 5.50. The first-order valence-corrected chi connectivity index (χ1v) is 11.3. The Balaban J connectivity index is 2.09. The molecule has 176 valence electrons. The summed E-state index contributed by atoms with van der Waals surface area (Å²) in [4.78, 5) is 42.0. The highest BCUT2D eigenvalue weighted by molar-refractivity contribution is 5.91. The Morgan fingerprint density at radius 2 is 1.62 bits per heavy atom. The van der Waals surface area contributed by atoms with Gasteiger partial charge in [0.25, 0.3) is 11.1 Å². The minimum absolute atomic E-state index is 0.210. The van der Waals surface area contributed by atoms with Crippen molar-refractivity contribution in [3.8, 4) is 5.69 Å². The molecule has 34 heavy (non-hydrogen) atoms. The second-order valence-electron chi connectivity index (χ2n) is 8.37. The second kappa shape index (κ2) is 9.05. The second-order valence-corrected chi connectivity index (χ2v) is 8.37. The molecule has 0 aliphatic rings. The lowest BCUT2D eigenvalue weighted by molar-refractivity contribution is 0.651. The Morgan fingerprint density at radius 1 is 0.941 bits per heavy atom. The number of anilines is 3. The van der Waals surface area contributed by atoms with Crippen LogP contribution in [0.3, 0.4) is 0 Å². The van der Waals surface area contributed by atoms with Gasteiger partial charge in [0.05, 0.1) is 11.4 Å². The maximum atomic E-state index is 13.5. The van der Waals surface area contributed by atoms with E-state index in [4.69, 9.17) is 0 Å². The van der Waals surface area contributed by atoms with Crippen LogP contribution in [-0.4, -0.2) is 27.8 Å². The number of fused-ring (bicyclic) bond motifs is 1. The van der Waals surface area contributed by atoms with Crippen molar-refractivity contribution >= 4 is 28.1 Å². The Bertz CT molecular complexity index is 1540. The summed E-state index contributed by atoms with van der Waals surface area (Å²) in [6, 6.07) is 16.6. The van der Waals surface area contributed by atoms with Gasteiger partial charge >= 0.3 is 5.69 Å². The van der Waals surface area contributed by atoms with Gasteiger partial charge in [0, 0.05) is 45.1 Å². The van der Waals surface area contributed by atoms with Gasteiger partial charge in [-0.05, 0) is 49.2 Å². The molecular formula is C26H29N5O3. The fraction of sp³-hybridized carbons (Fsp3) is 0.269. The van der Waals surface area contributed by atoms with E-state index in [1.807, 2.05) is 74.4 Å². The standard InChI is InChI=1S/C26H29N5O3/c1-6-17-10-8-9-11-21(17)31-24-23(25(33)30(7-2)26(31)34)20(16-22(32)29(24)5)27-18-12-14-19(15-13-18)28(3)4/h8-16,27H,6-7H2,1-5H3. The van der Waals surface area contributed by atoms with Gasteiger partial charge in [0.15, 0.2) is 0 Å². The number of benzene rings is 2. The van der Waals surface area contributed by atoms with Gasteiger partial charge in [-0.15, -0.1) is 0 Å². The maximum absolute atomic E-state index is 13.5. The number of hydrogen-bond acceptors (Lipinski definition) is 5. The molecule has 0 amide bonds. The van der Waals surface area contributed by atoms with Crippen LogP contribution < -0.4 is 27.0 Å². The molecule has 0 unspecified atom stereocenters. The SMILES string of the molecule is CCc1ccccc1-n1c(=O)n(CC)c(=O)c2c(Nc3ccc(N(C)C)cc3)cc(=O)n(C)c21. The van der Waals surface area contributed by atoms with E-state index in [0.29, 0.717) is 17.8 Å². The average molecular weight is 460 g/mol. The van der Waals surface area contributed by atoms with Crippen molar-refractivity contribution in [3.63, 3.8) is 0 Å². The number of aryl methyl sites for hydroxylation is 2. The van der Waals surface area contributed by atoms with Gasteiger partial charge in [-0.1, -0.05) is 25.1 Å². The molecule has 4 aromatic rings. The molecule has 0 fully saturated rings. The van der Waals surface area contributed by atoms with Crippen molar-refractivity contribution in [1.82, 2.24) is 13.7 Å². The van der Waals surface area contributed by atoms with Crippen LogP contribution in [0.4, 0.5) is 17.1 Å². The van der Waals surface area contributed by atoms with E-state index in [-0.39, 0.29) is 23.1 Å². The zero-order valence-corrected chi connectivity index (χ0v) is 20.1. The number of nitrogens with one attached hydrogen (secondary N) is 1. The fourth-order valence-corrected chi connectivity index (χ4v) is 4.21. The third-order valence-electron chi connectivity index (χ3n) is 6.09. The highest BCUT2D eigenvalue weighted by Crippen LogP contribution is 2.25. The maximum Gasteiger partial charge on any atom is 0.337 e. The summed E-state index contributed by atoms with van der Waals surface area (Å²) in [5.41, 5.74) is 2.76. The monoisotopic (exact) mass is 459 g/mol. The van der Waals surface area contributed by atoms with Crippen LogP contribution in [0.1, 0.15) is 19.4 Å². The molecule has 2 aromatic carbocycles. The van der Waals surface area contributed by atoms with Crippen LogP contribution in [0.15, 0.2) is 69.0 Å². The van der Waals surface area contributed by atoms with Crippen LogP contribution >= 0.6 is 0 Å². The number of rotatable bonds is 6. The van der Waals surface area contributed by atoms with E-state index in [0.717, 1.165) is 16.9 Å². The number of pyridine rings is 1. The first-order valence-electron chi connectivity index (χ1n) is 11.3. The van der Waals surface area contributed by atoms with Crippen LogP contribution in [0.5, 0.6) is 0 Å². The molecule has 0 spiro atoms. The molecule has 8 heteroatoms. The Morgan fingerprint density at radius 3 is 2.24 bits per heavy atom. The fourth-order valence-electron chi connectivity index (χ4n) is 4.21. The molecule has 0 aliphatic heterocycles. The van der Waals surface area contributed by atoms with Gasteiger partial charge < -0.3 is 10.2 Å². The molecule has 0 atom stereocenters. The van der Waals surface area contributed by atoms with Gasteiger partial charge in [-0.25, -0.2) is 9.36 Å². The molecule has 8 nitrogen and oxygen atoms in total. The van der Waals surface area contributed by atoms with E-state index in [1.54, 1.807) is 14.0 Å². The highest BCUT2D eigenvalue weighted by atomic mass is 16.2. The number of nitrogens with zero attached hydrogens (tertiary/aromatic N) is 4. The number of hydrogen-bond donors (Lipinski definition) is 1. The molecule has 2 heterocycles. The van der Waals surface area contributed by atoms with Crippen LogP contribution in [0.2, 0.25) is 0 Å². The van der Waals surface area contributed by atoms with Gasteiger partial charge in [-0.3, -0.25) is 18.7 Å². The molecule has 2 aromatic heterocycles. The predicted molar refractivity (Wildman–Crippen MR) is 138 cm³/mol. The smallest absolute Gasteiger partial charge is 0.337 e. The molecule has 0 saturated heterocycles. The summed E-state index contributed by atoms with van der Waals surface area (Å²) in [5, 5.41) is 3.52. The van der Waals surface area contributed by atoms with Crippen LogP contribution in [0.25, 0.3) is 16.7 Å². The lowest BCUT2D eigenvalue weighted by Crippen LogP contribution is -2.41. The molecule has 1 N–H and O–H groups in total. The highest BCUT2D eigenvalue weighted by Gasteiger charge is 2.21. The van der Waals surface area contributed by atoms with Crippen molar-refractivity contribution in [2.75, 3.05) is 24.3 Å². The third-order valence-corrected chi connectivity index (χ3v) is 6.09. The molecule has 0 radical (unpaired) electrons. The van der Waals surface area contributed by atoms with Gasteiger partial charge in [0.2, 0.25) is 0 Å². The minimum Gasteiger partial charge on any atom is -0.378 e. The lowest BCUT2D eigenvalue weighted by Gasteiger charge is -2.20. The minimum atomic E-state index is -0.469. The summed E-state index contributed by atoms with van der Waals surface area (Å²) in [5.74, 6) is 0. The van der Waals surface area contributed by atoms with Gasteiger partial charge in [-0.2, -0.15) is 0 Å². The largest absolute Gasteiger partial charge is 0.378 e. The van der Waals surface area contributed by atoms with E-state index < -0.39 is 11.2 Å². The van der Waals surface area contributed by atoms with Crippen molar-refractivity contribution < 1.29 is 0 Å². The van der Waals surface area contributed by atoms with Crippen LogP contribution in [-0.2, 0) is 20.0 Å². The average Bonchev–Trinajstić information content (AvgIpc) is 2.83. The molecule has 4 rings (SSSR count). The van der Waals surface area contributed by atoms with E-state index in [1.165, 1.54) is 19.8 Å². The molecular weight excluding hydrogens is 430 g/mol. The van der Waals surface area contributed by atoms with Gasteiger partial charge in [0.1, 0.15) is 11.0 Å². The summed E-state index contributed by atoms with van der Waals surface area (Å²) in [6.45, 7) is 3.98. The third kappa shape index (κ3) is 3.81. The van der Waals surface area contributed by atoms with Crippen LogP contribution in [0, 0.1) is 0 Å². The molecule has 0 bridgehead atoms. The van der Waals surface area contributed by atoms with E-state index in [2.05, 4.69) is 5.32 Å². The molecule has 0 saturated carbocycles. The van der Waals surface area contributed by atoms with Crippen molar-refractivity contribution in [2.45, 2.75) is 26.8 Å². The normalized spacial score (nSPS) is 11.1. The first-order chi connectivity index (χ1) is 16.3. The van der Waals surface area contributed by atoms with E-state index in [9.17, 15) is 14.4 Å². The van der Waals surface area contributed by atoms with Crippen molar-refractivity contribution in [2.24, 2.45) is 7.05 Å². The molecule has 0 aliphatic carbocycles. The zero-order chi connectivity index (χ0) is 24.6. The quantitative estimate of drug-likeness (QED) is 0.479. The Hall–Kier alpha value is -4.07. The van der Waals surface area contributed by atoms with E-state index >= 15 is 0 Å². The Kier molecular flexibility index (Phi) is 6.15.